The topological polar surface area (TPSA) is 83.9 Å². The van der Waals surface area contributed by atoms with Crippen LogP contribution in [0.4, 0.5) is 0 Å². The smallest absolute Gasteiger partial charge is 0.323 e. The highest BCUT2D eigenvalue weighted by molar-refractivity contribution is 6.34. The van der Waals surface area contributed by atoms with Gasteiger partial charge in [-0.1, -0.05) is 48.5 Å². The number of benzene rings is 3. The van der Waals surface area contributed by atoms with Gasteiger partial charge in [-0.15, -0.1) is 0 Å². The molecular weight excluding hydrogens is 382 g/mol. The zero-order valence-corrected chi connectivity index (χ0v) is 16.3. The standard InChI is InChI=1S/C24H19NO5/c1-2-30-21-12-11-15-7-3-4-8-16(15)19(21)13-20-17-9-5-6-10-18(17)23(28)25(24(20)29)14-22(26)27/h3-13H,2,14H2,1H3,(H,26,27)/b20-13-. The Morgan fingerprint density at radius 2 is 1.67 bits per heavy atom. The van der Waals surface area contributed by atoms with E-state index < -0.39 is 24.3 Å². The molecule has 1 aliphatic heterocycles. The Morgan fingerprint density at radius 1 is 0.967 bits per heavy atom. The Kier molecular flexibility index (Phi) is 5.06. The number of carbonyl (C=O) groups is 3. The number of nitrogens with zero attached hydrogens (tertiary/aromatic N) is 1. The van der Waals surface area contributed by atoms with Crippen molar-refractivity contribution in [3.63, 3.8) is 0 Å². The lowest BCUT2D eigenvalue weighted by molar-refractivity contribution is -0.141. The van der Waals surface area contributed by atoms with Gasteiger partial charge in [-0.2, -0.15) is 0 Å². The summed E-state index contributed by atoms with van der Waals surface area (Å²) in [4.78, 5) is 37.9. The quantitative estimate of drug-likeness (QED) is 0.519. The molecule has 0 spiro atoms. The van der Waals surface area contributed by atoms with Gasteiger partial charge in [0, 0.05) is 16.7 Å². The van der Waals surface area contributed by atoms with Crippen LogP contribution in [0.3, 0.4) is 0 Å². The number of aliphatic carboxylic acids is 1. The van der Waals surface area contributed by atoms with E-state index in [-0.39, 0.29) is 5.57 Å². The molecular formula is C24H19NO5. The summed E-state index contributed by atoms with van der Waals surface area (Å²) in [5, 5.41) is 11.1. The van der Waals surface area contributed by atoms with Crippen LogP contribution in [0.15, 0.2) is 60.7 Å². The van der Waals surface area contributed by atoms with Crippen LogP contribution in [0, 0.1) is 0 Å². The van der Waals surface area contributed by atoms with Crippen LogP contribution in [-0.4, -0.2) is 40.9 Å². The molecule has 1 heterocycles. The van der Waals surface area contributed by atoms with Crippen molar-refractivity contribution in [2.45, 2.75) is 6.92 Å². The van der Waals surface area contributed by atoms with Crippen LogP contribution < -0.4 is 4.74 Å². The van der Waals surface area contributed by atoms with E-state index in [0.717, 1.165) is 15.7 Å². The summed E-state index contributed by atoms with van der Waals surface area (Å²) in [5.41, 5.74) is 1.73. The monoisotopic (exact) mass is 401 g/mol. The van der Waals surface area contributed by atoms with Crippen molar-refractivity contribution < 1.29 is 24.2 Å². The fraction of sp³-hybridized carbons (Fsp3) is 0.125. The third-order valence-electron chi connectivity index (χ3n) is 4.98. The number of carboxylic acids is 1. The third kappa shape index (κ3) is 3.33. The summed E-state index contributed by atoms with van der Waals surface area (Å²) in [6.45, 7) is 1.63. The SMILES string of the molecule is CCOc1ccc2ccccc2c1/C=C1\C(=O)N(CC(=O)O)C(=O)c2ccccc21. The molecule has 0 unspecified atom stereocenters. The lowest BCUT2D eigenvalue weighted by Gasteiger charge is -2.27. The summed E-state index contributed by atoms with van der Waals surface area (Å²) in [7, 11) is 0. The van der Waals surface area contributed by atoms with Gasteiger partial charge in [0.1, 0.15) is 12.3 Å². The van der Waals surface area contributed by atoms with E-state index in [2.05, 4.69) is 0 Å². The minimum atomic E-state index is -1.25. The molecule has 0 saturated heterocycles. The lowest BCUT2D eigenvalue weighted by atomic mass is 9.91. The van der Waals surface area contributed by atoms with E-state index in [1.54, 1.807) is 30.3 Å². The number of hydrogen-bond acceptors (Lipinski definition) is 4. The van der Waals surface area contributed by atoms with Gasteiger partial charge in [-0.25, -0.2) is 0 Å². The van der Waals surface area contributed by atoms with Gasteiger partial charge in [-0.05, 0) is 41.5 Å². The summed E-state index contributed by atoms with van der Waals surface area (Å²) >= 11 is 0. The molecule has 1 N–H and O–H groups in total. The molecule has 4 rings (SSSR count). The van der Waals surface area contributed by atoms with E-state index in [9.17, 15) is 19.5 Å². The largest absolute Gasteiger partial charge is 0.493 e. The Bertz CT molecular complexity index is 1210. The van der Waals surface area contributed by atoms with Crippen molar-refractivity contribution in [2.75, 3.05) is 13.2 Å². The highest BCUT2D eigenvalue weighted by Gasteiger charge is 2.36. The number of hydrogen-bond donors (Lipinski definition) is 1. The molecule has 0 aromatic heterocycles. The predicted molar refractivity (Wildman–Crippen MR) is 113 cm³/mol. The van der Waals surface area contributed by atoms with Gasteiger partial charge < -0.3 is 9.84 Å². The number of carboxylic acid groups (broad SMARTS) is 1. The first kappa shape index (κ1) is 19.4. The van der Waals surface area contributed by atoms with E-state index in [4.69, 9.17) is 4.74 Å². The van der Waals surface area contributed by atoms with E-state index >= 15 is 0 Å². The van der Waals surface area contributed by atoms with Crippen LogP contribution in [0.2, 0.25) is 0 Å². The first-order valence-corrected chi connectivity index (χ1v) is 9.55. The maximum atomic E-state index is 13.2. The van der Waals surface area contributed by atoms with Crippen LogP contribution in [-0.2, 0) is 9.59 Å². The lowest BCUT2D eigenvalue weighted by Crippen LogP contribution is -2.44. The van der Waals surface area contributed by atoms with E-state index in [0.29, 0.717) is 29.0 Å². The highest BCUT2D eigenvalue weighted by atomic mass is 16.5. The van der Waals surface area contributed by atoms with Gasteiger partial charge in [-0.3, -0.25) is 19.3 Å². The molecule has 6 nitrogen and oxygen atoms in total. The Balaban J connectivity index is 1.98. The fourth-order valence-electron chi connectivity index (χ4n) is 3.67. The van der Waals surface area contributed by atoms with Gasteiger partial charge in [0.25, 0.3) is 11.8 Å². The molecule has 30 heavy (non-hydrogen) atoms. The third-order valence-corrected chi connectivity index (χ3v) is 4.98. The van der Waals surface area contributed by atoms with Crippen LogP contribution in [0.1, 0.15) is 28.4 Å². The van der Waals surface area contributed by atoms with Gasteiger partial charge >= 0.3 is 5.97 Å². The van der Waals surface area contributed by atoms with E-state index in [1.807, 2.05) is 43.3 Å². The Labute approximate surface area is 173 Å². The van der Waals surface area contributed by atoms with Crippen LogP contribution in [0.25, 0.3) is 22.4 Å². The van der Waals surface area contributed by atoms with Crippen LogP contribution >= 0.6 is 0 Å². The first-order valence-electron chi connectivity index (χ1n) is 9.55. The molecule has 6 heteroatoms. The molecule has 150 valence electrons. The summed E-state index contributed by atoms with van der Waals surface area (Å²) in [6.07, 6.45) is 1.69. The number of carbonyl (C=O) groups excluding carboxylic acids is 2. The van der Waals surface area contributed by atoms with Crippen molar-refractivity contribution in [3.8, 4) is 5.75 Å². The molecule has 3 aromatic rings. The Hall–Kier alpha value is -3.93. The average molecular weight is 401 g/mol. The maximum Gasteiger partial charge on any atom is 0.323 e. The fourth-order valence-corrected chi connectivity index (χ4v) is 3.67. The zero-order valence-electron chi connectivity index (χ0n) is 16.3. The van der Waals surface area contributed by atoms with Crippen molar-refractivity contribution in [2.24, 2.45) is 0 Å². The average Bonchev–Trinajstić information content (AvgIpc) is 2.75. The second kappa shape index (κ2) is 7.83. The molecule has 0 aliphatic carbocycles. The number of ether oxygens (including phenoxy) is 1. The molecule has 2 amide bonds. The minimum absolute atomic E-state index is 0.253. The predicted octanol–water partition coefficient (Wildman–Crippen LogP) is 3.85. The van der Waals surface area contributed by atoms with Crippen molar-refractivity contribution in [1.82, 2.24) is 4.90 Å². The number of amides is 2. The van der Waals surface area contributed by atoms with Crippen molar-refractivity contribution in [3.05, 3.63) is 77.4 Å². The summed E-state index contributed by atoms with van der Waals surface area (Å²) in [6, 6.07) is 18.2. The second-order valence-corrected chi connectivity index (χ2v) is 6.83. The number of fused-ring (bicyclic) bond motifs is 2. The second-order valence-electron chi connectivity index (χ2n) is 6.83. The molecule has 3 aromatic carbocycles. The summed E-state index contributed by atoms with van der Waals surface area (Å²) in [5.74, 6) is -1.90. The van der Waals surface area contributed by atoms with Crippen molar-refractivity contribution >= 4 is 40.2 Å². The first-order chi connectivity index (χ1) is 14.5. The zero-order chi connectivity index (χ0) is 21.3. The molecule has 0 fully saturated rings. The maximum absolute atomic E-state index is 13.2. The molecule has 1 aliphatic rings. The molecule has 0 atom stereocenters. The highest BCUT2D eigenvalue weighted by Crippen LogP contribution is 2.35. The normalized spacial score (nSPS) is 14.8. The van der Waals surface area contributed by atoms with Gasteiger partial charge in [0.15, 0.2) is 0 Å². The minimum Gasteiger partial charge on any atom is -0.493 e. The van der Waals surface area contributed by atoms with Gasteiger partial charge in [0.2, 0.25) is 0 Å². The number of rotatable bonds is 5. The van der Waals surface area contributed by atoms with Crippen LogP contribution in [0.5, 0.6) is 5.75 Å². The summed E-state index contributed by atoms with van der Waals surface area (Å²) < 4.78 is 5.79. The van der Waals surface area contributed by atoms with Crippen molar-refractivity contribution in [1.29, 1.82) is 0 Å². The van der Waals surface area contributed by atoms with E-state index in [1.165, 1.54) is 0 Å². The molecule has 0 bridgehead atoms. The van der Waals surface area contributed by atoms with Gasteiger partial charge in [0.05, 0.1) is 6.61 Å². The molecule has 0 radical (unpaired) electrons. The Morgan fingerprint density at radius 3 is 2.40 bits per heavy atom. The molecule has 0 saturated carbocycles. The number of imide groups is 1.